The number of pyridine rings is 1. The zero-order valence-corrected chi connectivity index (χ0v) is 9.59. The second kappa shape index (κ2) is 5.79. The molecule has 0 radical (unpaired) electrons. The van der Waals surface area contributed by atoms with Gasteiger partial charge in [-0.1, -0.05) is 33.3 Å². The van der Waals surface area contributed by atoms with Crippen LogP contribution in [0.4, 0.5) is 0 Å². The molecule has 1 aliphatic rings. The van der Waals surface area contributed by atoms with Crippen LogP contribution in [0.5, 0.6) is 0 Å². The number of aryl methyl sites for hydroxylation is 1. The van der Waals surface area contributed by atoms with Crippen molar-refractivity contribution in [1.29, 1.82) is 0 Å². The Hall–Kier alpha value is -0.850. The SMILES string of the molecule is CCC.CCc1ccc(C2CC2)nc1. The van der Waals surface area contributed by atoms with Crippen LogP contribution in [0.25, 0.3) is 0 Å². The van der Waals surface area contributed by atoms with Gasteiger partial charge in [-0.2, -0.15) is 0 Å². The number of aromatic nitrogens is 1. The van der Waals surface area contributed by atoms with E-state index >= 15 is 0 Å². The van der Waals surface area contributed by atoms with Crippen molar-refractivity contribution in [2.75, 3.05) is 0 Å². The summed E-state index contributed by atoms with van der Waals surface area (Å²) in [5.41, 5.74) is 2.64. The number of nitrogens with zero attached hydrogens (tertiary/aromatic N) is 1. The lowest BCUT2D eigenvalue weighted by atomic mass is 10.2. The average molecular weight is 191 g/mol. The fourth-order valence-corrected chi connectivity index (χ4v) is 1.27. The monoisotopic (exact) mass is 191 g/mol. The summed E-state index contributed by atoms with van der Waals surface area (Å²) in [6.07, 6.45) is 7.04. The van der Waals surface area contributed by atoms with Crippen molar-refractivity contribution in [2.45, 2.75) is 52.4 Å². The molecule has 0 amide bonds. The highest BCUT2D eigenvalue weighted by Gasteiger charge is 2.24. The average Bonchev–Trinajstić information content (AvgIpc) is 3.03. The molecule has 1 fully saturated rings. The topological polar surface area (TPSA) is 12.9 Å². The van der Waals surface area contributed by atoms with Crippen molar-refractivity contribution < 1.29 is 0 Å². The summed E-state index contributed by atoms with van der Waals surface area (Å²) in [6.45, 7) is 6.41. The van der Waals surface area contributed by atoms with Crippen LogP contribution in [0, 0.1) is 0 Å². The van der Waals surface area contributed by atoms with E-state index in [9.17, 15) is 0 Å². The summed E-state index contributed by atoms with van der Waals surface area (Å²) in [5, 5.41) is 0. The second-order valence-corrected chi connectivity index (χ2v) is 3.93. The van der Waals surface area contributed by atoms with Gasteiger partial charge in [0.2, 0.25) is 0 Å². The van der Waals surface area contributed by atoms with Gasteiger partial charge in [-0.05, 0) is 30.9 Å². The van der Waals surface area contributed by atoms with Crippen molar-refractivity contribution in [3.63, 3.8) is 0 Å². The fraction of sp³-hybridized carbons (Fsp3) is 0.615. The first-order valence-corrected chi connectivity index (χ1v) is 5.76. The van der Waals surface area contributed by atoms with Gasteiger partial charge >= 0.3 is 0 Å². The van der Waals surface area contributed by atoms with Crippen LogP contribution in [-0.2, 0) is 6.42 Å². The maximum atomic E-state index is 4.41. The summed E-state index contributed by atoms with van der Waals surface area (Å²) in [4.78, 5) is 4.41. The first kappa shape index (κ1) is 11.2. The molecule has 1 nitrogen and oxygen atoms in total. The van der Waals surface area contributed by atoms with E-state index in [1.165, 1.54) is 30.5 Å². The molecule has 0 atom stereocenters. The summed E-state index contributed by atoms with van der Waals surface area (Å²) in [7, 11) is 0. The smallest absolute Gasteiger partial charge is 0.0434 e. The minimum atomic E-state index is 0.793. The lowest BCUT2D eigenvalue weighted by molar-refractivity contribution is 0.995. The molecule has 14 heavy (non-hydrogen) atoms. The van der Waals surface area contributed by atoms with E-state index in [1.54, 1.807) is 0 Å². The predicted molar refractivity (Wildman–Crippen MR) is 61.6 cm³/mol. The first-order valence-electron chi connectivity index (χ1n) is 5.76. The Morgan fingerprint density at radius 3 is 2.21 bits per heavy atom. The normalized spacial score (nSPS) is 14.5. The van der Waals surface area contributed by atoms with Crippen LogP contribution in [0.3, 0.4) is 0 Å². The van der Waals surface area contributed by atoms with E-state index in [-0.39, 0.29) is 0 Å². The van der Waals surface area contributed by atoms with Gasteiger partial charge in [0.05, 0.1) is 0 Å². The molecule has 0 unspecified atom stereocenters. The number of hydrogen-bond acceptors (Lipinski definition) is 1. The van der Waals surface area contributed by atoms with E-state index in [0.29, 0.717) is 0 Å². The van der Waals surface area contributed by atoms with E-state index < -0.39 is 0 Å². The van der Waals surface area contributed by atoms with Gasteiger partial charge in [0, 0.05) is 17.8 Å². The van der Waals surface area contributed by atoms with Crippen molar-refractivity contribution in [3.8, 4) is 0 Å². The van der Waals surface area contributed by atoms with Crippen LogP contribution < -0.4 is 0 Å². The maximum absolute atomic E-state index is 4.41. The van der Waals surface area contributed by atoms with Gasteiger partial charge in [-0.15, -0.1) is 0 Å². The maximum Gasteiger partial charge on any atom is 0.0434 e. The Bertz CT molecular complexity index is 246. The number of hydrogen-bond donors (Lipinski definition) is 0. The van der Waals surface area contributed by atoms with Gasteiger partial charge in [-0.3, -0.25) is 4.98 Å². The highest BCUT2D eigenvalue weighted by molar-refractivity contribution is 5.19. The third-order valence-electron chi connectivity index (χ3n) is 2.25. The van der Waals surface area contributed by atoms with Gasteiger partial charge in [-0.25, -0.2) is 0 Å². The quantitative estimate of drug-likeness (QED) is 0.690. The summed E-state index contributed by atoms with van der Waals surface area (Å²) in [5.74, 6) is 0.793. The zero-order valence-electron chi connectivity index (χ0n) is 9.59. The molecule has 1 saturated carbocycles. The molecule has 2 rings (SSSR count). The zero-order chi connectivity index (χ0) is 10.4. The van der Waals surface area contributed by atoms with E-state index in [1.807, 2.05) is 6.20 Å². The molecule has 0 bridgehead atoms. The third kappa shape index (κ3) is 3.49. The minimum absolute atomic E-state index is 0.793. The van der Waals surface area contributed by atoms with Crippen molar-refractivity contribution in [2.24, 2.45) is 0 Å². The van der Waals surface area contributed by atoms with E-state index in [4.69, 9.17) is 0 Å². The summed E-state index contributed by atoms with van der Waals surface area (Å²) >= 11 is 0. The van der Waals surface area contributed by atoms with Crippen LogP contribution in [0.1, 0.15) is 57.2 Å². The van der Waals surface area contributed by atoms with Crippen molar-refractivity contribution >= 4 is 0 Å². The highest BCUT2D eigenvalue weighted by atomic mass is 14.7. The van der Waals surface area contributed by atoms with Crippen LogP contribution in [-0.4, -0.2) is 4.98 Å². The summed E-state index contributed by atoms with van der Waals surface area (Å²) in [6, 6.07) is 4.37. The number of rotatable bonds is 2. The van der Waals surface area contributed by atoms with E-state index in [0.717, 1.165) is 12.3 Å². The molecule has 1 aliphatic carbocycles. The molecule has 0 aromatic carbocycles. The standard InChI is InChI=1S/C10H13N.C3H8/c1-2-8-3-6-10(11-7-8)9-4-5-9;1-3-2/h3,6-7,9H,2,4-5H2,1H3;3H2,1-2H3. The van der Waals surface area contributed by atoms with Crippen LogP contribution in [0.15, 0.2) is 18.3 Å². The Kier molecular flexibility index (Phi) is 4.64. The van der Waals surface area contributed by atoms with Crippen molar-refractivity contribution in [1.82, 2.24) is 4.98 Å². The predicted octanol–water partition coefficient (Wildman–Crippen LogP) is 3.94. The molecule has 0 saturated heterocycles. The Balaban J connectivity index is 0.000000293. The first-order chi connectivity index (χ1) is 6.81. The lowest BCUT2D eigenvalue weighted by Crippen LogP contribution is -1.87. The lowest BCUT2D eigenvalue weighted by Gasteiger charge is -1.97. The Morgan fingerprint density at radius 2 is 1.86 bits per heavy atom. The molecular formula is C13H21N. The van der Waals surface area contributed by atoms with Gasteiger partial charge in [0.25, 0.3) is 0 Å². The Morgan fingerprint density at radius 1 is 1.21 bits per heavy atom. The third-order valence-corrected chi connectivity index (χ3v) is 2.25. The molecule has 78 valence electrons. The van der Waals surface area contributed by atoms with Crippen LogP contribution >= 0.6 is 0 Å². The molecule has 0 aliphatic heterocycles. The van der Waals surface area contributed by atoms with Crippen LogP contribution in [0.2, 0.25) is 0 Å². The summed E-state index contributed by atoms with van der Waals surface area (Å²) < 4.78 is 0. The minimum Gasteiger partial charge on any atom is -0.261 e. The second-order valence-electron chi connectivity index (χ2n) is 3.93. The molecule has 1 aromatic heterocycles. The van der Waals surface area contributed by atoms with Gasteiger partial charge in [0.1, 0.15) is 0 Å². The fourth-order valence-electron chi connectivity index (χ4n) is 1.27. The molecule has 1 heteroatoms. The van der Waals surface area contributed by atoms with E-state index in [2.05, 4.69) is 37.9 Å². The Labute approximate surface area is 87.6 Å². The highest BCUT2D eigenvalue weighted by Crippen LogP contribution is 2.38. The van der Waals surface area contributed by atoms with Gasteiger partial charge in [0.15, 0.2) is 0 Å². The molecule has 1 heterocycles. The molecule has 0 N–H and O–H groups in total. The van der Waals surface area contributed by atoms with Crippen molar-refractivity contribution in [3.05, 3.63) is 29.6 Å². The largest absolute Gasteiger partial charge is 0.261 e. The van der Waals surface area contributed by atoms with Gasteiger partial charge < -0.3 is 0 Å². The molecule has 1 aromatic rings. The molecule has 0 spiro atoms. The molecular weight excluding hydrogens is 170 g/mol.